The number of nitrogens with zero attached hydrogens (tertiary/aromatic N) is 3. The number of carbonyl (C=O) groups is 1. The van der Waals surface area contributed by atoms with E-state index in [0.29, 0.717) is 35.7 Å². The van der Waals surface area contributed by atoms with Crippen LogP contribution in [0.3, 0.4) is 0 Å². The first-order chi connectivity index (χ1) is 10.1. The predicted molar refractivity (Wildman–Crippen MR) is 83.8 cm³/mol. The third-order valence-corrected chi connectivity index (χ3v) is 5.51. The third kappa shape index (κ3) is 2.85. The van der Waals surface area contributed by atoms with E-state index in [1.807, 2.05) is 4.90 Å². The minimum Gasteiger partial charge on any atom is -0.382 e. The highest BCUT2D eigenvalue weighted by Crippen LogP contribution is 2.32. The molecule has 0 aromatic carbocycles. The maximum atomic E-state index is 12.6. The van der Waals surface area contributed by atoms with E-state index in [0.717, 1.165) is 31.3 Å². The van der Waals surface area contributed by atoms with Crippen LogP contribution in [0.25, 0.3) is 0 Å². The molecule has 6 nitrogen and oxygen atoms in total. The second-order valence-corrected chi connectivity index (χ2v) is 6.95. The summed E-state index contributed by atoms with van der Waals surface area (Å²) in [4.78, 5) is 21.6. The van der Waals surface area contributed by atoms with Crippen LogP contribution in [0, 0.1) is 11.8 Å². The minimum absolute atomic E-state index is 0.0284. The zero-order valence-corrected chi connectivity index (χ0v) is 13.4. The average molecular weight is 310 g/mol. The molecule has 0 aliphatic carbocycles. The van der Waals surface area contributed by atoms with Crippen molar-refractivity contribution in [3.63, 3.8) is 0 Å². The van der Waals surface area contributed by atoms with Gasteiger partial charge in [-0.25, -0.2) is 4.98 Å². The van der Waals surface area contributed by atoms with Crippen LogP contribution in [-0.4, -0.2) is 55.2 Å². The van der Waals surface area contributed by atoms with Gasteiger partial charge in [0.1, 0.15) is 10.7 Å². The highest BCUT2D eigenvalue weighted by molar-refractivity contribution is 7.18. The van der Waals surface area contributed by atoms with E-state index in [2.05, 4.69) is 23.7 Å². The molecule has 21 heavy (non-hydrogen) atoms. The number of nitrogens with two attached hydrogens (primary N) is 1. The number of ether oxygens (including phenoxy) is 1. The van der Waals surface area contributed by atoms with Crippen LogP contribution in [0.15, 0.2) is 0 Å². The van der Waals surface area contributed by atoms with Crippen LogP contribution in [0.1, 0.15) is 23.5 Å². The molecular formula is C14H22N4O2S. The average Bonchev–Trinajstić information content (AvgIpc) is 3.03. The molecule has 2 aliphatic heterocycles. The highest BCUT2D eigenvalue weighted by Gasteiger charge is 2.32. The van der Waals surface area contributed by atoms with Gasteiger partial charge in [0.05, 0.1) is 13.2 Å². The van der Waals surface area contributed by atoms with Gasteiger partial charge in [0, 0.05) is 26.2 Å². The molecule has 0 saturated carbocycles. The van der Waals surface area contributed by atoms with Crippen LogP contribution >= 0.6 is 11.3 Å². The van der Waals surface area contributed by atoms with E-state index >= 15 is 0 Å². The number of nitrogen functional groups attached to an aromatic ring is 1. The lowest BCUT2D eigenvalue weighted by Gasteiger charge is -2.25. The number of morpholine rings is 1. The number of thiazole rings is 1. The number of hydrogen-bond donors (Lipinski definition) is 1. The fourth-order valence-electron chi connectivity index (χ4n) is 2.80. The van der Waals surface area contributed by atoms with Crippen LogP contribution in [-0.2, 0) is 4.74 Å². The Kier molecular flexibility index (Phi) is 4.03. The van der Waals surface area contributed by atoms with Gasteiger partial charge in [-0.05, 0) is 11.8 Å². The predicted octanol–water partition coefficient (Wildman–Crippen LogP) is 1.29. The van der Waals surface area contributed by atoms with Gasteiger partial charge in [-0.3, -0.25) is 4.79 Å². The minimum atomic E-state index is 0.0284. The second-order valence-electron chi connectivity index (χ2n) is 5.97. The summed E-state index contributed by atoms with van der Waals surface area (Å²) >= 11 is 1.41. The summed E-state index contributed by atoms with van der Waals surface area (Å²) in [7, 11) is 0. The van der Waals surface area contributed by atoms with Crippen LogP contribution in [0.4, 0.5) is 10.9 Å². The lowest BCUT2D eigenvalue weighted by Crippen LogP contribution is -2.36. The second kappa shape index (κ2) is 5.81. The Hall–Kier alpha value is -1.34. The zero-order chi connectivity index (χ0) is 15.0. The Morgan fingerprint density at radius 2 is 1.90 bits per heavy atom. The van der Waals surface area contributed by atoms with Crippen LogP contribution in [0.5, 0.6) is 0 Å². The Morgan fingerprint density at radius 3 is 2.52 bits per heavy atom. The van der Waals surface area contributed by atoms with E-state index in [1.165, 1.54) is 11.3 Å². The van der Waals surface area contributed by atoms with Crippen molar-refractivity contribution in [1.29, 1.82) is 0 Å². The summed E-state index contributed by atoms with van der Waals surface area (Å²) in [5, 5.41) is 0.833. The number of aromatic nitrogens is 1. The summed E-state index contributed by atoms with van der Waals surface area (Å²) in [6.07, 6.45) is 0. The number of amides is 1. The Balaban J connectivity index is 1.76. The fourth-order valence-corrected chi connectivity index (χ4v) is 3.81. The monoisotopic (exact) mass is 310 g/mol. The van der Waals surface area contributed by atoms with Crippen LogP contribution in [0.2, 0.25) is 0 Å². The Bertz CT molecular complexity index is 517. The molecule has 2 saturated heterocycles. The molecule has 0 spiro atoms. The SMILES string of the molecule is CC1CN(C(=O)c2sc(N3CCOCC3)nc2N)CC1C. The molecule has 0 bridgehead atoms. The van der Waals surface area contributed by atoms with Gasteiger partial charge in [-0.1, -0.05) is 25.2 Å². The highest BCUT2D eigenvalue weighted by atomic mass is 32.1. The van der Waals surface area contributed by atoms with Gasteiger partial charge in [0.2, 0.25) is 0 Å². The molecule has 2 fully saturated rings. The van der Waals surface area contributed by atoms with Crippen molar-refractivity contribution in [3.05, 3.63) is 4.88 Å². The molecule has 1 aromatic heterocycles. The molecule has 116 valence electrons. The Labute approximate surface area is 128 Å². The molecule has 2 atom stereocenters. The largest absolute Gasteiger partial charge is 0.382 e. The van der Waals surface area contributed by atoms with E-state index in [1.54, 1.807) is 0 Å². The molecule has 1 aromatic rings. The van der Waals surface area contributed by atoms with Gasteiger partial charge in [0.15, 0.2) is 5.13 Å². The third-order valence-electron chi connectivity index (χ3n) is 4.39. The van der Waals surface area contributed by atoms with E-state index < -0.39 is 0 Å². The quantitative estimate of drug-likeness (QED) is 0.891. The first-order valence-electron chi connectivity index (χ1n) is 7.44. The molecule has 2 unspecified atom stereocenters. The maximum absolute atomic E-state index is 12.6. The number of likely N-dealkylation sites (tertiary alicyclic amines) is 1. The van der Waals surface area contributed by atoms with Gasteiger partial charge < -0.3 is 20.3 Å². The van der Waals surface area contributed by atoms with E-state index in [-0.39, 0.29) is 5.91 Å². The van der Waals surface area contributed by atoms with Crippen molar-refractivity contribution in [3.8, 4) is 0 Å². The van der Waals surface area contributed by atoms with Crippen molar-refractivity contribution in [2.75, 3.05) is 50.0 Å². The first-order valence-corrected chi connectivity index (χ1v) is 8.26. The maximum Gasteiger partial charge on any atom is 0.267 e. The van der Waals surface area contributed by atoms with Crippen molar-refractivity contribution < 1.29 is 9.53 Å². The summed E-state index contributed by atoms with van der Waals surface area (Å²) in [6.45, 7) is 9.00. The number of rotatable bonds is 2. The summed E-state index contributed by atoms with van der Waals surface area (Å²) < 4.78 is 5.34. The van der Waals surface area contributed by atoms with E-state index in [4.69, 9.17) is 10.5 Å². The number of anilines is 2. The lowest BCUT2D eigenvalue weighted by molar-refractivity contribution is 0.0790. The van der Waals surface area contributed by atoms with Crippen molar-refractivity contribution in [1.82, 2.24) is 9.88 Å². The van der Waals surface area contributed by atoms with Crippen LogP contribution < -0.4 is 10.6 Å². The molecule has 2 aliphatic rings. The van der Waals surface area contributed by atoms with E-state index in [9.17, 15) is 4.79 Å². The molecule has 1 amide bonds. The summed E-state index contributed by atoms with van der Waals surface area (Å²) in [6, 6.07) is 0. The van der Waals surface area contributed by atoms with Gasteiger partial charge in [-0.15, -0.1) is 0 Å². The van der Waals surface area contributed by atoms with Crippen molar-refractivity contribution >= 4 is 28.2 Å². The number of hydrogen-bond acceptors (Lipinski definition) is 6. The Morgan fingerprint density at radius 1 is 1.29 bits per heavy atom. The van der Waals surface area contributed by atoms with Gasteiger partial charge in [0.25, 0.3) is 5.91 Å². The lowest BCUT2D eigenvalue weighted by atomic mass is 10.0. The summed E-state index contributed by atoms with van der Waals surface area (Å²) in [5.41, 5.74) is 5.98. The van der Waals surface area contributed by atoms with Crippen molar-refractivity contribution in [2.45, 2.75) is 13.8 Å². The van der Waals surface area contributed by atoms with Gasteiger partial charge >= 0.3 is 0 Å². The topological polar surface area (TPSA) is 71.7 Å². The van der Waals surface area contributed by atoms with Gasteiger partial charge in [-0.2, -0.15) is 0 Å². The molecular weight excluding hydrogens is 288 g/mol. The number of carbonyl (C=O) groups excluding carboxylic acids is 1. The summed E-state index contributed by atoms with van der Waals surface area (Å²) in [5.74, 6) is 1.48. The molecule has 7 heteroatoms. The molecule has 3 heterocycles. The standard InChI is InChI=1S/C14H22N4O2S/c1-9-7-18(8-10(9)2)13(19)11-12(15)16-14(21-11)17-3-5-20-6-4-17/h9-10H,3-8,15H2,1-2H3. The smallest absolute Gasteiger partial charge is 0.267 e. The molecule has 2 N–H and O–H groups in total. The van der Waals surface area contributed by atoms with Crippen molar-refractivity contribution in [2.24, 2.45) is 11.8 Å². The zero-order valence-electron chi connectivity index (χ0n) is 12.5. The fraction of sp³-hybridized carbons (Fsp3) is 0.714. The molecule has 0 radical (unpaired) electrons. The normalized spacial score (nSPS) is 26.4. The molecule has 3 rings (SSSR count). The first kappa shape index (κ1) is 14.6.